The Balaban J connectivity index is 2.85. The van der Waals surface area contributed by atoms with Crippen LogP contribution in [0, 0.1) is 5.92 Å². The van der Waals surface area contributed by atoms with E-state index in [0.717, 1.165) is 18.4 Å². The molecule has 0 fully saturated rings. The van der Waals surface area contributed by atoms with Gasteiger partial charge >= 0.3 is 0 Å². The van der Waals surface area contributed by atoms with Crippen LogP contribution in [0.2, 0.25) is 0 Å². The zero-order chi connectivity index (χ0) is 15.1. The predicted molar refractivity (Wildman–Crippen MR) is 87.6 cm³/mol. The lowest BCUT2D eigenvalue weighted by molar-refractivity contribution is -0.134. The summed E-state index contributed by atoms with van der Waals surface area (Å²) in [4.78, 5) is 14.7. The van der Waals surface area contributed by atoms with Gasteiger partial charge in [0.25, 0.3) is 0 Å². The molecule has 1 amide bonds. The minimum Gasteiger partial charge on any atom is -0.393 e. The van der Waals surface area contributed by atoms with Crippen molar-refractivity contribution in [1.29, 1.82) is 0 Å². The van der Waals surface area contributed by atoms with E-state index in [-0.39, 0.29) is 16.9 Å². The second kappa shape index (κ2) is 8.00. The molecule has 0 aromatic heterocycles. The third-order valence-electron chi connectivity index (χ3n) is 3.76. The molecular weight excluding hydrogens is 268 g/mol. The van der Waals surface area contributed by atoms with Crippen molar-refractivity contribution in [3.63, 3.8) is 0 Å². The first kappa shape index (κ1) is 16.6. The summed E-state index contributed by atoms with van der Waals surface area (Å²) in [5.74, 6) is -0.395. The molecule has 1 aromatic carbocycles. The zero-order valence-electron chi connectivity index (χ0n) is 12.5. The first-order valence-corrected chi connectivity index (χ1v) is 7.51. The van der Waals surface area contributed by atoms with Crippen molar-refractivity contribution in [3.05, 3.63) is 35.9 Å². The van der Waals surface area contributed by atoms with Gasteiger partial charge in [0.15, 0.2) is 0 Å². The van der Waals surface area contributed by atoms with Crippen molar-refractivity contribution in [3.8, 4) is 0 Å². The van der Waals surface area contributed by atoms with E-state index < -0.39 is 5.92 Å². The number of rotatable bonds is 7. The fraction of sp³-hybridized carbons (Fsp3) is 0.500. The number of amides is 1. The molecule has 1 aromatic rings. The number of carbonyl (C=O) groups excluding carboxylic acids is 1. The molecule has 0 aliphatic rings. The Bertz CT molecular complexity index is 443. The molecule has 0 radical (unpaired) electrons. The van der Waals surface area contributed by atoms with Crippen LogP contribution in [0.3, 0.4) is 0 Å². The van der Waals surface area contributed by atoms with Crippen molar-refractivity contribution < 1.29 is 4.79 Å². The Morgan fingerprint density at radius 1 is 1.25 bits per heavy atom. The van der Waals surface area contributed by atoms with Crippen LogP contribution in [0.4, 0.5) is 0 Å². The van der Waals surface area contributed by atoms with Crippen LogP contribution in [0.15, 0.2) is 30.3 Å². The summed E-state index contributed by atoms with van der Waals surface area (Å²) in [6.45, 7) is 4.18. The van der Waals surface area contributed by atoms with Gasteiger partial charge in [0.1, 0.15) is 0 Å². The number of carbonyl (C=O) groups is 1. The molecule has 110 valence electrons. The summed E-state index contributed by atoms with van der Waals surface area (Å²) in [5.41, 5.74) is 6.87. The second-order valence-electron chi connectivity index (χ2n) is 5.06. The van der Waals surface area contributed by atoms with Crippen LogP contribution in [0.1, 0.15) is 32.3 Å². The fourth-order valence-electron chi connectivity index (χ4n) is 2.42. The van der Waals surface area contributed by atoms with E-state index in [9.17, 15) is 4.79 Å². The molecule has 0 aliphatic heterocycles. The van der Waals surface area contributed by atoms with Gasteiger partial charge in [-0.25, -0.2) is 0 Å². The highest BCUT2D eigenvalue weighted by Gasteiger charge is 2.27. The molecule has 0 spiro atoms. The monoisotopic (exact) mass is 292 g/mol. The molecule has 20 heavy (non-hydrogen) atoms. The van der Waals surface area contributed by atoms with Crippen LogP contribution in [-0.2, 0) is 11.2 Å². The van der Waals surface area contributed by atoms with Crippen LogP contribution < -0.4 is 5.73 Å². The fourth-order valence-corrected chi connectivity index (χ4v) is 2.61. The van der Waals surface area contributed by atoms with E-state index in [1.807, 2.05) is 37.4 Å². The summed E-state index contributed by atoms with van der Waals surface area (Å²) in [7, 11) is 1.84. The minimum atomic E-state index is -0.419. The first-order chi connectivity index (χ1) is 9.51. The van der Waals surface area contributed by atoms with Gasteiger partial charge in [-0.2, -0.15) is 0 Å². The lowest BCUT2D eigenvalue weighted by Crippen LogP contribution is -2.44. The van der Waals surface area contributed by atoms with Gasteiger partial charge in [-0.3, -0.25) is 4.79 Å². The van der Waals surface area contributed by atoms with Crippen molar-refractivity contribution in [2.24, 2.45) is 11.7 Å². The average Bonchev–Trinajstić information content (AvgIpc) is 2.46. The molecule has 0 saturated heterocycles. The molecule has 2 N–H and O–H groups in total. The maximum absolute atomic E-state index is 12.6. The lowest BCUT2D eigenvalue weighted by Gasteiger charge is -2.30. The molecule has 3 nitrogen and oxygen atoms in total. The number of benzene rings is 1. The van der Waals surface area contributed by atoms with Gasteiger partial charge in [-0.1, -0.05) is 56.4 Å². The highest BCUT2D eigenvalue weighted by atomic mass is 32.1. The van der Waals surface area contributed by atoms with E-state index in [1.54, 1.807) is 4.90 Å². The number of hydrogen-bond acceptors (Lipinski definition) is 2. The molecular formula is C16H24N2OS. The van der Waals surface area contributed by atoms with Crippen LogP contribution >= 0.6 is 12.2 Å². The van der Waals surface area contributed by atoms with Gasteiger partial charge in [0.2, 0.25) is 5.91 Å². The molecule has 1 unspecified atom stereocenters. The van der Waals surface area contributed by atoms with Crippen molar-refractivity contribution in [1.82, 2.24) is 4.90 Å². The summed E-state index contributed by atoms with van der Waals surface area (Å²) in [6, 6.07) is 10.1. The Morgan fingerprint density at radius 3 is 2.25 bits per heavy atom. The van der Waals surface area contributed by atoms with Gasteiger partial charge < -0.3 is 10.6 Å². The third-order valence-corrected chi connectivity index (χ3v) is 4.05. The summed E-state index contributed by atoms with van der Waals surface area (Å²) in [5, 5.41) is 0. The van der Waals surface area contributed by atoms with Crippen molar-refractivity contribution in [2.45, 2.75) is 39.2 Å². The van der Waals surface area contributed by atoms with Crippen LogP contribution in [0.25, 0.3) is 0 Å². The Labute approximate surface area is 127 Å². The topological polar surface area (TPSA) is 46.3 Å². The largest absolute Gasteiger partial charge is 0.393 e. The van der Waals surface area contributed by atoms with E-state index in [1.165, 1.54) is 0 Å². The smallest absolute Gasteiger partial charge is 0.232 e. The molecule has 4 heteroatoms. The molecule has 1 atom stereocenters. The highest BCUT2D eigenvalue weighted by molar-refractivity contribution is 7.80. The maximum atomic E-state index is 12.6. The normalized spacial score (nSPS) is 12.2. The molecule has 0 bridgehead atoms. The second-order valence-corrected chi connectivity index (χ2v) is 5.54. The molecule has 1 rings (SSSR count). The van der Waals surface area contributed by atoms with E-state index in [4.69, 9.17) is 18.0 Å². The number of hydrogen-bond donors (Lipinski definition) is 1. The number of thiocarbonyl (C=S) groups is 1. The maximum Gasteiger partial charge on any atom is 0.232 e. The molecule has 0 saturated carbocycles. The summed E-state index contributed by atoms with van der Waals surface area (Å²) >= 11 is 5.10. The average molecular weight is 292 g/mol. The Hall–Kier alpha value is -1.42. The standard InChI is InChI=1S/C16H24N2OS/c1-4-13(5-2)18(3)16(19)14(15(17)20)11-12-9-7-6-8-10-12/h6-10,13-14H,4-5,11H2,1-3H3,(H2,17,20). The van der Waals surface area contributed by atoms with Gasteiger partial charge in [-0.05, 0) is 24.8 Å². The summed E-state index contributed by atoms with van der Waals surface area (Å²) in [6.07, 6.45) is 2.45. The van der Waals surface area contributed by atoms with Crippen LogP contribution in [-0.4, -0.2) is 28.9 Å². The van der Waals surface area contributed by atoms with Crippen molar-refractivity contribution in [2.75, 3.05) is 7.05 Å². The SMILES string of the molecule is CCC(CC)N(C)C(=O)C(Cc1ccccc1)C(N)=S. The Kier molecular flexibility index (Phi) is 6.65. The van der Waals surface area contributed by atoms with E-state index in [0.29, 0.717) is 6.42 Å². The number of nitrogens with zero attached hydrogens (tertiary/aromatic N) is 1. The summed E-state index contributed by atoms with van der Waals surface area (Å²) < 4.78 is 0. The first-order valence-electron chi connectivity index (χ1n) is 7.11. The Morgan fingerprint density at radius 2 is 1.80 bits per heavy atom. The van der Waals surface area contributed by atoms with Gasteiger partial charge in [0, 0.05) is 13.1 Å². The zero-order valence-corrected chi connectivity index (χ0v) is 13.3. The quantitative estimate of drug-likeness (QED) is 0.786. The van der Waals surface area contributed by atoms with Crippen molar-refractivity contribution >= 4 is 23.1 Å². The molecule has 0 aliphatic carbocycles. The van der Waals surface area contributed by atoms with Gasteiger partial charge in [-0.15, -0.1) is 0 Å². The van der Waals surface area contributed by atoms with E-state index >= 15 is 0 Å². The predicted octanol–water partition coefficient (Wildman–Crippen LogP) is 2.78. The molecule has 0 heterocycles. The lowest BCUT2D eigenvalue weighted by atomic mass is 9.97. The highest BCUT2D eigenvalue weighted by Crippen LogP contribution is 2.16. The minimum absolute atomic E-state index is 0.0232. The van der Waals surface area contributed by atoms with Crippen LogP contribution in [0.5, 0.6) is 0 Å². The van der Waals surface area contributed by atoms with E-state index in [2.05, 4.69) is 13.8 Å². The van der Waals surface area contributed by atoms with Gasteiger partial charge in [0.05, 0.1) is 10.9 Å². The number of nitrogens with two attached hydrogens (primary N) is 1. The third kappa shape index (κ3) is 4.30.